The lowest BCUT2D eigenvalue weighted by Gasteiger charge is -2.03. The molecule has 0 aromatic rings. The zero-order chi connectivity index (χ0) is 22.9. The van der Waals surface area contributed by atoms with Gasteiger partial charge in [0.1, 0.15) is 18.1 Å². The van der Waals surface area contributed by atoms with Gasteiger partial charge in [-0.05, 0) is 12.8 Å². The van der Waals surface area contributed by atoms with Crippen molar-refractivity contribution in [3.05, 3.63) is 0 Å². The van der Waals surface area contributed by atoms with E-state index < -0.39 is 48.4 Å². The summed E-state index contributed by atoms with van der Waals surface area (Å²) in [5.74, 6) is -4.30. The third kappa shape index (κ3) is 23.4. The van der Waals surface area contributed by atoms with Crippen LogP contribution in [0, 0.1) is 0 Å². The minimum absolute atomic E-state index is 0.0129. The Morgan fingerprint density at radius 3 is 1.46 bits per heavy atom. The first-order valence-corrected chi connectivity index (χ1v) is 8.22. The Balaban J connectivity index is -0.000000349. The number of nitrogens with zero attached hydrogens (tertiary/aromatic N) is 1. The summed E-state index contributed by atoms with van der Waals surface area (Å²) in [7, 11) is 0. The van der Waals surface area contributed by atoms with Crippen LogP contribution in [0.25, 0.3) is 0 Å². The molecule has 0 unspecified atom stereocenters. The van der Waals surface area contributed by atoms with E-state index in [1.165, 1.54) is 0 Å². The molecule has 0 aromatic carbocycles. The molecule has 0 rings (SSSR count). The number of carboxylic acids is 4. The highest BCUT2D eigenvalue weighted by molar-refractivity contribution is 7.80. The standard InChI is InChI=1S/C6H14N4O2.C4H7NO4.C3H7NO2S/c7-4(5(11)12)2-1-3-10-6(8)9;5-2(4(8)9)1-3(6)7;4-2(1-7)3(5)6/h4H,1-3,7H2,(H,11,12)(H4,8,9,10);2H,1,5H2,(H,6,7)(H,8,9);2,7H,1,4H2,(H,5,6)/t4-;2*2-/m000/s1. The number of nitrogens with two attached hydrogens (primary N) is 5. The van der Waals surface area contributed by atoms with Gasteiger partial charge in [-0.1, -0.05) is 0 Å². The number of aliphatic carboxylic acids is 4. The molecule has 164 valence electrons. The Hall–Kier alpha value is -2.62. The van der Waals surface area contributed by atoms with Gasteiger partial charge in [-0.3, -0.25) is 24.2 Å². The second kappa shape index (κ2) is 17.8. The molecule has 0 bridgehead atoms. The second-order valence-corrected chi connectivity index (χ2v) is 5.43. The molecule has 28 heavy (non-hydrogen) atoms. The van der Waals surface area contributed by atoms with E-state index in [1.54, 1.807) is 0 Å². The molecule has 0 amide bonds. The van der Waals surface area contributed by atoms with E-state index in [2.05, 4.69) is 17.6 Å². The van der Waals surface area contributed by atoms with Gasteiger partial charge >= 0.3 is 23.9 Å². The van der Waals surface area contributed by atoms with Crippen molar-refractivity contribution in [2.24, 2.45) is 33.7 Å². The molecule has 0 fully saturated rings. The molecule has 0 saturated heterocycles. The highest BCUT2D eigenvalue weighted by Gasteiger charge is 2.14. The first-order chi connectivity index (χ1) is 12.8. The molecule has 0 heterocycles. The lowest BCUT2D eigenvalue weighted by molar-refractivity contribution is -0.144. The van der Waals surface area contributed by atoms with Gasteiger partial charge in [-0.15, -0.1) is 0 Å². The lowest BCUT2D eigenvalue weighted by atomic mass is 10.2. The molecule has 0 radical (unpaired) electrons. The van der Waals surface area contributed by atoms with Crippen molar-refractivity contribution in [1.29, 1.82) is 0 Å². The Morgan fingerprint density at radius 1 is 0.821 bits per heavy atom. The third-order valence-electron chi connectivity index (χ3n) is 2.51. The van der Waals surface area contributed by atoms with Crippen LogP contribution in [0.3, 0.4) is 0 Å². The number of hydrogen-bond donors (Lipinski definition) is 10. The van der Waals surface area contributed by atoms with E-state index >= 15 is 0 Å². The summed E-state index contributed by atoms with van der Waals surface area (Å²) < 4.78 is 0. The predicted octanol–water partition coefficient (Wildman–Crippen LogP) is -3.35. The normalized spacial score (nSPS) is 12.6. The average molecular weight is 428 g/mol. The van der Waals surface area contributed by atoms with Crippen molar-refractivity contribution < 1.29 is 39.6 Å². The van der Waals surface area contributed by atoms with Gasteiger partial charge in [0, 0.05) is 12.3 Å². The van der Waals surface area contributed by atoms with Crippen LogP contribution < -0.4 is 28.7 Å². The molecule has 0 aromatic heterocycles. The Bertz CT molecular complexity index is 529. The fourth-order valence-electron chi connectivity index (χ4n) is 0.996. The maximum absolute atomic E-state index is 10.2. The van der Waals surface area contributed by atoms with E-state index in [4.69, 9.17) is 49.1 Å². The number of aliphatic imine (C=N–C) groups is 1. The summed E-state index contributed by atoms with van der Waals surface area (Å²) >= 11 is 3.65. The van der Waals surface area contributed by atoms with Crippen LogP contribution in [-0.2, 0) is 19.2 Å². The van der Waals surface area contributed by atoms with Crippen molar-refractivity contribution in [3.8, 4) is 0 Å². The van der Waals surface area contributed by atoms with E-state index in [0.29, 0.717) is 19.4 Å². The molecule has 0 spiro atoms. The number of thiol groups is 1. The number of hydrogen-bond acceptors (Lipinski definition) is 9. The largest absolute Gasteiger partial charge is 0.481 e. The number of carboxylic acid groups (broad SMARTS) is 4. The molecular formula is C13H28N6O8S. The number of carbonyl (C=O) groups is 4. The van der Waals surface area contributed by atoms with Gasteiger partial charge in [0.05, 0.1) is 6.42 Å². The minimum Gasteiger partial charge on any atom is -0.481 e. The smallest absolute Gasteiger partial charge is 0.321 e. The van der Waals surface area contributed by atoms with Gasteiger partial charge < -0.3 is 49.1 Å². The fourth-order valence-corrected chi connectivity index (χ4v) is 1.15. The van der Waals surface area contributed by atoms with Gasteiger partial charge in [0.15, 0.2) is 5.96 Å². The first-order valence-electron chi connectivity index (χ1n) is 7.59. The summed E-state index contributed by atoms with van der Waals surface area (Å²) in [6.07, 6.45) is 0.423. The van der Waals surface area contributed by atoms with E-state index in [0.717, 1.165) is 0 Å². The quantitative estimate of drug-likeness (QED) is 0.0704. The topological polar surface area (TPSA) is 292 Å². The van der Waals surface area contributed by atoms with Crippen LogP contribution in [-0.4, -0.2) is 80.7 Å². The monoisotopic (exact) mass is 428 g/mol. The first kappa shape index (κ1) is 30.1. The zero-order valence-corrected chi connectivity index (χ0v) is 15.9. The maximum Gasteiger partial charge on any atom is 0.321 e. The second-order valence-electron chi connectivity index (χ2n) is 5.06. The fraction of sp³-hybridized carbons (Fsp3) is 0.615. The summed E-state index contributed by atoms with van der Waals surface area (Å²) in [5, 5.41) is 32.4. The number of rotatable bonds is 10. The number of guanidine groups is 1. The Labute approximate surface area is 166 Å². The van der Waals surface area contributed by atoms with Gasteiger partial charge in [0.25, 0.3) is 0 Å². The molecule has 0 aliphatic heterocycles. The van der Waals surface area contributed by atoms with Crippen LogP contribution in [0.5, 0.6) is 0 Å². The van der Waals surface area contributed by atoms with Crippen LogP contribution in [0.2, 0.25) is 0 Å². The molecule has 0 saturated carbocycles. The molecule has 14 nitrogen and oxygen atoms in total. The Kier molecular flexibility index (Phi) is 19.1. The molecule has 0 aliphatic rings. The van der Waals surface area contributed by atoms with Crippen molar-refractivity contribution in [3.63, 3.8) is 0 Å². The molecule has 14 N–H and O–H groups in total. The van der Waals surface area contributed by atoms with Crippen LogP contribution >= 0.6 is 12.6 Å². The SMILES string of the molecule is NC(N)=NCCC[C@H](N)C(=O)O.N[C@@H](CC(=O)O)C(=O)O.N[C@@H](CS)C(=O)O. The molecule has 3 atom stereocenters. The van der Waals surface area contributed by atoms with E-state index in [1.807, 2.05) is 0 Å². The minimum atomic E-state index is -1.29. The van der Waals surface area contributed by atoms with Gasteiger partial charge in [-0.25, -0.2) is 0 Å². The summed E-state index contributed by atoms with van der Waals surface area (Å²) in [4.78, 5) is 43.3. The van der Waals surface area contributed by atoms with Crippen LogP contribution in [0.15, 0.2) is 4.99 Å². The summed E-state index contributed by atoms with van der Waals surface area (Å²) in [6, 6.07) is -2.93. The zero-order valence-electron chi connectivity index (χ0n) is 15.0. The van der Waals surface area contributed by atoms with Crippen LogP contribution in [0.4, 0.5) is 0 Å². The summed E-state index contributed by atoms with van der Waals surface area (Å²) in [6.45, 7) is 0.420. The van der Waals surface area contributed by atoms with E-state index in [-0.39, 0.29) is 11.7 Å². The lowest BCUT2D eigenvalue weighted by Crippen LogP contribution is -2.32. The van der Waals surface area contributed by atoms with Crippen molar-refractivity contribution in [2.75, 3.05) is 12.3 Å². The molecular weight excluding hydrogens is 400 g/mol. The van der Waals surface area contributed by atoms with Crippen molar-refractivity contribution >= 4 is 42.5 Å². The van der Waals surface area contributed by atoms with Crippen molar-refractivity contribution in [1.82, 2.24) is 0 Å². The predicted molar refractivity (Wildman–Crippen MR) is 103 cm³/mol. The maximum atomic E-state index is 10.2. The van der Waals surface area contributed by atoms with Gasteiger partial charge in [0.2, 0.25) is 0 Å². The Morgan fingerprint density at radius 2 is 1.25 bits per heavy atom. The highest BCUT2D eigenvalue weighted by Crippen LogP contribution is 1.94. The summed E-state index contributed by atoms with van der Waals surface area (Å²) in [5.41, 5.74) is 25.1. The van der Waals surface area contributed by atoms with E-state index in [9.17, 15) is 19.2 Å². The third-order valence-corrected chi connectivity index (χ3v) is 2.90. The molecule has 15 heteroatoms. The highest BCUT2D eigenvalue weighted by atomic mass is 32.1. The van der Waals surface area contributed by atoms with Gasteiger partial charge in [-0.2, -0.15) is 12.6 Å². The van der Waals surface area contributed by atoms with Crippen molar-refractivity contribution in [2.45, 2.75) is 37.4 Å². The molecule has 0 aliphatic carbocycles. The average Bonchev–Trinajstić information content (AvgIpc) is 2.57. The van der Waals surface area contributed by atoms with Crippen LogP contribution in [0.1, 0.15) is 19.3 Å².